The first-order valence-electron chi connectivity index (χ1n) is 2.37. The molecule has 0 aliphatic carbocycles. The molecule has 1 aromatic heterocycles. The number of halogens is 1. The van der Waals surface area contributed by atoms with E-state index in [-0.39, 0.29) is 0 Å². The second-order valence-corrected chi connectivity index (χ2v) is 2.77. The minimum absolute atomic E-state index is 0.533. The van der Waals surface area contributed by atoms with Gasteiger partial charge in [-0.05, 0) is 17.6 Å². The fraction of sp³-hybridized carbons (Fsp3) is 0.167. The number of hydrogen-bond donors (Lipinski definition) is 0. The van der Waals surface area contributed by atoms with Crippen LogP contribution >= 0.6 is 23.1 Å². The van der Waals surface area contributed by atoms with E-state index < -0.39 is 0 Å². The average molecular weight is 158 g/mol. The third kappa shape index (κ3) is 1.70. The molecule has 0 saturated heterocycles. The molecule has 46 valence electrons. The van der Waals surface area contributed by atoms with Gasteiger partial charge in [-0.2, -0.15) is 4.37 Å². The van der Waals surface area contributed by atoms with Crippen molar-refractivity contribution in [1.29, 1.82) is 0 Å². The molecule has 0 aromatic carbocycles. The Morgan fingerprint density at radius 2 is 2.67 bits per heavy atom. The summed E-state index contributed by atoms with van der Waals surface area (Å²) in [6, 6.07) is 1.78. The van der Waals surface area contributed by atoms with Crippen molar-refractivity contribution in [3.63, 3.8) is 0 Å². The van der Waals surface area contributed by atoms with Crippen LogP contribution in [0.15, 0.2) is 6.07 Å². The Balaban J connectivity index is 2.76. The van der Waals surface area contributed by atoms with Gasteiger partial charge >= 0.3 is 0 Å². The van der Waals surface area contributed by atoms with Crippen LogP contribution < -0.4 is 0 Å². The molecule has 1 nitrogen and oxygen atoms in total. The van der Waals surface area contributed by atoms with Gasteiger partial charge < -0.3 is 0 Å². The molecule has 0 aliphatic heterocycles. The molecule has 0 radical (unpaired) electrons. The lowest BCUT2D eigenvalue weighted by Crippen LogP contribution is -1.68. The molecule has 0 bridgehead atoms. The number of aromatic nitrogens is 1. The Kier molecular flexibility index (Phi) is 2.10. The molecular weight excluding hydrogens is 154 g/mol. The minimum atomic E-state index is 0.533. The van der Waals surface area contributed by atoms with Gasteiger partial charge in [-0.25, -0.2) is 0 Å². The predicted octanol–water partition coefficient (Wildman–Crippen LogP) is 1.97. The number of rotatable bonds is 1. The number of terminal acetylenes is 1. The highest BCUT2D eigenvalue weighted by molar-refractivity contribution is 7.06. The highest BCUT2D eigenvalue weighted by Crippen LogP contribution is 2.13. The van der Waals surface area contributed by atoms with Gasteiger partial charge in [-0.1, -0.05) is 11.6 Å². The second kappa shape index (κ2) is 2.86. The van der Waals surface area contributed by atoms with Gasteiger partial charge in [0, 0.05) is 11.3 Å². The van der Waals surface area contributed by atoms with Gasteiger partial charge in [0.15, 0.2) is 0 Å². The zero-order valence-electron chi connectivity index (χ0n) is 4.60. The van der Waals surface area contributed by atoms with Gasteiger partial charge in [-0.3, -0.25) is 0 Å². The average Bonchev–Trinajstić information content (AvgIpc) is 2.17. The first-order valence-corrected chi connectivity index (χ1v) is 3.52. The molecule has 0 amide bonds. The van der Waals surface area contributed by atoms with Crippen molar-refractivity contribution in [3.05, 3.63) is 16.1 Å². The molecule has 3 heteroatoms. The topological polar surface area (TPSA) is 12.9 Å². The highest BCUT2D eigenvalue weighted by atomic mass is 35.5. The van der Waals surface area contributed by atoms with Gasteiger partial charge in [0.2, 0.25) is 0 Å². The van der Waals surface area contributed by atoms with Crippen molar-refractivity contribution in [2.45, 2.75) is 6.42 Å². The van der Waals surface area contributed by atoms with Crippen LogP contribution in [0.2, 0.25) is 5.15 Å². The third-order valence-corrected chi connectivity index (χ3v) is 1.89. The van der Waals surface area contributed by atoms with Crippen molar-refractivity contribution < 1.29 is 0 Å². The van der Waals surface area contributed by atoms with Crippen LogP contribution in [0.4, 0.5) is 0 Å². The standard InChI is InChI=1S/C6H4ClNS/c1-2-3-5-4-6(7)8-9-5/h1,4H,3H2. The maximum absolute atomic E-state index is 5.53. The smallest absolute Gasteiger partial charge is 0.143 e. The Bertz CT molecular complexity index is 235. The van der Waals surface area contributed by atoms with Gasteiger partial charge in [-0.15, -0.1) is 12.3 Å². The predicted molar refractivity (Wildman–Crippen MR) is 39.7 cm³/mol. The van der Waals surface area contributed by atoms with Crippen LogP contribution in [-0.4, -0.2) is 4.37 Å². The molecule has 0 unspecified atom stereocenters. The molecule has 1 rings (SSSR count). The quantitative estimate of drug-likeness (QED) is 0.568. The van der Waals surface area contributed by atoms with Crippen molar-refractivity contribution in [1.82, 2.24) is 4.37 Å². The molecule has 0 N–H and O–H groups in total. The zero-order valence-corrected chi connectivity index (χ0v) is 6.17. The summed E-state index contributed by atoms with van der Waals surface area (Å²) in [5.74, 6) is 2.51. The lowest BCUT2D eigenvalue weighted by molar-refractivity contribution is 1.41. The number of nitrogens with zero attached hydrogens (tertiary/aromatic N) is 1. The van der Waals surface area contributed by atoms with Gasteiger partial charge in [0.25, 0.3) is 0 Å². The molecule has 1 aromatic rings. The van der Waals surface area contributed by atoms with Gasteiger partial charge in [0.1, 0.15) is 5.15 Å². The van der Waals surface area contributed by atoms with Crippen LogP contribution in [-0.2, 0) is 6.42 Å². The molecule has 1 heterocycles. The summed E-state index contributed by atoms with van der Waals surface area (Å²) in [4.78, 5) is 1.04. The van der Waals surface area contributed by atoms with Crippen molar-refractivity contribution >= 4 is 23.1 Å². The molecule has 0 saturated carbocycles. The first-order chi connectivity index (χ1) is 4.33. The Morgan fingerprint density at radius 1 is 1.89 bits per heavy atom. The van der Waals surface area contributed by atoms with E-state index >= 15 is 0 Å². The van der Waals surface area contributed by atoms with E-state index in [0.29, 0.717) is 11.6 Å². The van der Waals surface area contributed by atoms with E-state index in [0.717, 1.165) is 4.88 Å². The van der Waals surface area contributed by atoms with Crippen molar-refractivity contribution in [2.24, 2.45) is 0 Å². The van der Waals surface area contributed by atoms with Crippen LogP contribution in [0.1, 0.15) is 4.88 Å². The van der Waals surface area contributed by atoms with Crippen LogP contribution in [0.5, 0.6) is 0 Å². The summed E-state index contributed by atoms with van der Waals surface area (Å²) in [5, 5.41) is 0.533. The monoisotopic (exact) mass is 157 g/mol. The second-order valence-electron chi connectivity index (χ2n) is 1.50. The molecule has 0 aliphatic rings. The van der Waals surface area contributed by atoms with Gasteiger partial charge in [0.05, 0.1) is 0 Å². The minimum Gasteiger partial charge on any atom is -0.181 e. The van der Waals surface area contributed by atoms with Crippen LogP contribution in [0, 0.1) is 12.3 Å². The summed E-state index contributed by atoms with van der Waals surface area (Å²) >= 11 is 6.88. The molecule has 0 spiro atoms. The molecular formula is C6H4ClNS. The largest absolute Gasteiger partial charge is 0.181 e. The van der Waals surface area contributed by atoms with Crippen LogP contribution in [0.25, 0.3) is 0 Å². The van der Waals surface area contributed by atoms with E-state index in [1.807, 2.05) is 0 Å². The van der Waals surface area contributed by atoms with E-state index in [1.165, 1.54) is 11.5 Å². The number of hydrogen-bond acceptors (Lipinski definition) is 2. The van der Waals surface area contributed by atoms with E-state index in [4.69, 9.17) is 18.0 Å². The Morgan fingerprint density at radius 3 is 3.11 bits per heavy atom. The molecule has 9 heavy (non-hydrogen) atoms. The highest BCUT2D eigenvalue weighted by Gasteiger charge is 1.94. The first kappa shape index (κ1) is 6.60. The fourth-order valence-electron chi connectivity index (χ4n) is 0.472. The summed E-state index contributed by atoms with van der Waals surface area (Å²) in [7, 11) is 0. The third-order valence-electron chi connectivity index (χ3n) is 0.806. The fourth-order valence-corrected chi connectivity index (χ4v) is 1.34. The van der Waals surface area contributed by atoms with Crippen LogP contribution in [0.3, 0.4) is 0 Å². The van der Waals surface area contributed by atoms with E-state index in [2.05, 4.69) is 10.3 Å². The summed E-state index contributed by atoms with van der Waals surface area (Å²) in [5.41, 5.74) is 0. The summed E-state index contributed by atoms with van der Waals surface area (Å²) < 4.78 is 3.85. The van der Waals surface area contributed by atoms with E-state index in [1.54, 1.807) is 6.07 Å². The Hall–Kier alpha value is -0.520. The van der Waals surface area contributed by atoms with Crippen molar-refractivity contribution in [3.8, 4) is 12.3 Å². The van der Waals surface area contributed by atoms with E-state index in [9.17, 15) is 0 Å². The Labute approximate surface area is 62.8 Å². The molecule has 0 atom stereocenters. The lowest BCUT2D eigenvalue weighted by atomic mass is 10.4. The lowest BCUT2D eigenvalue weighted by Gasteiger charge is -1.77. The molecule has 0 fully saturated rings. The SMILES string of the molecule is C#CCc1cc(Cl)ns1. The van der Waals surface area contributed by atoms with Crippen molar-refractivity contribution in [2.75, 3.05) is 0 Å². The summed E-state index contributed by atoms with van der Waals surface area (Å²) in [6.45, 7) is 0. The summed E-state index contributed by atoms with van der Waals surface area (Å²) in [6.07, 6.45) is 5.68. The maximum atomic E-state index is 5.53. The normalized spacial score (nSPS) is 8.89. The zero-order chi connectivity index (χ0) is 6.69. The maximum Gasteiger partial charge on any atom is 0.143 e.